The van der Waals surface area contributed by atoms with Crippen LogP contribution in [0.4, 0.5) is 0 Å². The number of ether oxygens (including phenoxy) is 1. The standard InChI is InChI=1S/C14H19N3OS/c1-2-11-7-12-13(16-9-17-14(12)19-11)18-6-4-10-3-5-15-8-10/h7,9-10,15H,2-6,8H2,1H3. The number of thiophene rings is 1. The van der Waals surface area contributed by atoms with Crippen LogP contribution in [-0.2, 0) is 6.42 Å². The normalized spacial score (nSPS) is 19.1. The Hall–Kier alpha value is -1.20. The van der Waals surface area contributed by atoms with E-state index >= 15 is 0 Å². The molecule has 4 nitrogen and oxygen atoms in total. The maximum Gasteiger partial charge on any atom is 0.225 e. The van der Waals surface area contributed by atoms with Gasteiger partial charge in [0, 0.05) is 4.88 Å². The number of hydrogen-bond donors (Lipinski definition) is 1. The van der Waals surface area contributed by atoms with Crippen molar-refractivity contribution in [2.75, 3.05) is 19.7 Å². The van der Waals surface area contributed by atoms with Gasteiger partial charge >= 0.3 is 0 Å². The van der Waals surface area contributed by atoms with Crippen molar-refractivity contribution in [3.63, 3.8) is 0 Å². The van der Waals surface area contributed by atoms with Crippen LogP contribution in [0.3, 0.4) is 0 Å². The fourth-order valence-corrected chi connectivity index (χ4v) is 3.38. The minimum Gasteiger partial charge on any atom is -0.477 e. The van der Waals surface area contributed by atoms with E-state index in [9.17, 15) is 0 Å². The fraction of sp³-hybridized carbons (Fsp3) is 0.571. The summed E-state index contributed by atoms with van der Waals surface area (Å²) in [6.45, 7) is 5.18. The molecule has 5 heteroatoms. The van der Waals surface area contributed by atoms with Crippen LogP contribution in [0, 0.1) is 5.92 Å². The molecule has 0 aliphatic carbocycles. The molecule has 1 aliphatic rings. The van der Waals surface area contributed by atoms with Crippen LogP contribution in [0.5, 0.6) is 5.88 Å². The Morgan fingerprint density at radius 3 is 3.21 bits per heavy atom. The maximum atomic E-state index is 5.87. The van der Waals surface area contributed by atoms with E-state index in [2.05, 4.69) is 28.3 Å². The van der Waals surface area contributed by atoms with Crippen molar-refractivity contribution in [1.82, 2.24) is 15.3 Å². The van der Waals surface area contributed by atoms with Gasteiger partial charge in [0.05, 0.1) is 12.0 Å². The molecule has 1 fully saturated rings. The molecule has 3 rings (SSSR count). The van der Waals surface area contributed by atoms with Crippen molar-refractivity contribution in [3.8, 4) is 5.88 Å². The smallest absolute Gasteiger partial charge is 0.225 e. The molecule has 3 heterocycles. The first-order valence-corrected chi connectivity index (χ1v) is 7.75. The van der Waals surface area contributed by atoms with Crippen LogP contribution in [0.1, 0.15) is 24.6 Å². The molecule has 0 radical (unpaired) electrons. The van der Waals surface area contributed by atoms with Gasteiger partial charge in [0.15, 0.2) is 0 Å². The number of aromatic nitrogens is 2. The van der Waals surface area contributed by atoms with Crippen LogP contribution in [-0.4, -0.2) is 29.7 Å². The van der Waals surface area contributed by atoms with Crippen LogP contribution in [0.25, 0.3) is 10.2 Å². The van der Waals surface area contributed by atoms with Crippen molar-refractivity contribution in [1.29, 1.82) is 0 Å². The zero-order valence-electron chi connectivity index (χ0n) is 11.2. The molecule has 102 valence electrons. The molecule has 19 heavy (non-hydrogen) atoms. The second-order valence-electron chi connectivity index (χ2n) is 4.96. The van der Waals surface area contributed by atoms with E-state index < -0.39 is 0 Å². The molecular formula is C14H19N3OS. The Bertz CT molecular complexity index is 549. The van der Waals surface area contributed by atoms with Gasteiger partial charge in [-0.3, -0.25) is 0 Å². The summed E-state index contributed by atoms with van der Waals surface area (Å²) in [5.41, 5.74) is 0. The molecule has 0 bridgehead atoms. The summed E-state index contributed by atoms with van der Waals surface area (Å²) in [4.78, 5) is 11.0. The molecule has 2 aromatic heterocycles. The van der Waals surface area contributed by atoms with E-state index in [0.29, 0.717) is 0 Å². The lowest BCUT2D eigenvalue weighted by molar-refractivity contribution is 0.277. The summed E-state index contributed by atoms with van der Waals surface area (Å²) >= 11 is 1.73. The van der Waals surface area contributed by atoms with Gasteiger partial charge in [-0.05, 0) is 44.3 Å². The van der Waals surface area contributed by atoms with Crippen molar-refractivity contribution in [3.05, 3.63) is 17.3 Å². The second-order valence-corrected chi connectivity index (χ2v) is 6.08. The van der Waals surface area contributed by atoms with Crippen molar-refractivity contribution < 1.29 is 4.74 Å². The number of rotatable bonds is 5. The molecule has 1 aliphatic heterocycles. The molecule has 0 saturated carbocycles. The molecule has 0 spiro atoms. The van der Waals surface area contributed by atoms with Gasteiger partial charge in [-0.15, -0.1) is 11.3 Å². The lowest BCUT2D eigenvalue weighted by Crippen LogP contribution is -2.12. The number of nitrogens with one attached hydrogen (secondary N) is 1. The van der Waals surface area contributed by atoms with Crippen LogP contribution >= 0.6 is 11.3 Å². The molecule has 2 aromatic rings. The summed E-state index contributed by atoms with van der Waals surface area (Å²) in [7, 11) is 0. The first kappa shape index (κ1) is 12.8. The molecular weight excluding hydrogens is 258 g/mol. The highest BCUT2D eigenvalue weighted by Crippen LogP contribution is 2.29. The van der Waals surface area contributed by atoms with Crippen LogP contribution in [0.2, 0.25) is 0 Å². The second kappa shape index (κ2) is 5.84. The first-order chi connectivity index (χ1) is 9.36. The van der Waals surface area contributed by atoms with Gasteiger partial charge in [0.2, 0.25) is 5.88 Å². The fourth-order valence-electron chi connectivity index (χ4n) is 2.46. The van der Waals surface area contributed by atoms with E-state index in [1.54, 1.807) is 17.7 Å². The summed E-state index contributed by atoms with van der Waals surface area (Å²) in [6, 6.07) is 2.16. The van der Waals surface area contributed by atoms with E-state index in [-0.39, 0.29) is 0 Å². The Labute approximate surface area is 117 Å². The highest BCUT2D eigenvalue weighted by atomic mass is 32.1. The maximum absolute atomic E-state index is 5.87. The number of hydrogen-bond acceptors (Lipinski definition) is 5. The van der Waals surface area contributed by atoms with E-state index in [0.717, 1.165) is 54.6 Å². The highest BCUT2D eigenvalue weighted by Gasteiger charge is 2.15. The predicted molar refractivity (Wildman–Crippen MR) is 77.9 cm³/mol. The molecule has 0 amide bonds. The summed E-state index contributed by atoms with van der Waals surface area (Å²) in [5, 5.41) is 4.45. The minimum absolute atomic E-state index is 0.743. The molecule has 1 saturated heterocycles. The molecule has 1 atom stereocenters. The number of aryl methyl sites for hydroxylation is 1. The predicted octanol–water partition coefficient (Wildman–Crippen LogP) is 2.63. The third-order valence-corrected chi connectivity index (χ3v) is 4.81. The Kier molecular flexibility index (Phi) is 3.94. The topological polar surface area (TPSA) is 47.0 Å². The average molecular weight is 277 g/mol. The quantitative estimate of drug-likeness (QED) is 0.912. The lowest BCUT2D eigenvalue weighted by Gasteiger charge is -2.09. The monoisotopic (exact) mass is 277 g/mol. The SMILES string of the molecule is CCc1cc2c(OCCC3CCNC3)ncnc2s1. The van der Waals surface area contributed by atoms with Gasteiger partial charge in [0.1, 0.15) is 11.2 Å². The van der Waals surface area contributed by atoms with E-state index in [1.807, 2.05) is 0 Å². The Balaban J connectivity index is 1.67. The third kappa shape index (κ3) is 2.87. The zero-order valence-corrected chi connectivity index (χ0v) is 12.0. The Morgan fingerprint density at radius 2 is 2.42 bits per heavy atom. The largest absolute Gasteiger partial charge is 0.477 e. The minimum atomic E-state index is 0.743. The highest BCUT2D eigenvalue weighted by molar-refractivity contribution is 7.18. The molecule has 0 aromatic carbocycles. The van der Waals surface area contributed by atoms with Gasteiger partial charge in [0.25, 0.3) is 0 Å². The summed E-state index contributed by atoms with van der Waals surface area (Å²) < 4.78 is 5.87. The zero-order chi connectivity index (χ0) is 13.1. The van der Waals surface area contributed by atoms with E-state index in [1.165, 1.54) is 11.3 Å². The number of fused-ring (bicyclic) bond motifs is 1. The lowest BCUT2D eigenvalue weighted by atomic mass is 10.1. The molecule has 1 N–H and O–H groups in total. The van der Waals surface area contributed by atoms with Crippen LogP contribution in [0.15, 0.2) is 12.4 Å². The molecule has 1 unspecified atom stereocenters. The van der Waals surface area contributed by atoms with Gasteiger partial charge in [-0.2, -0.15) is 0 Å². The Morgan fingerprint density at radius 1 is 1.47 bits per heavy atom. The first-order valence-electron chi connectivity index (χ1n) is 6.93. The van der Waals surface area contributed by atoms with Gasteiger partial charge in [-0.1, -0.05) is 6.92 Å². The third-order valence-electron chi connectivity index (χ3n) is 3.62. The average Bonchev–Trinajstić information content (AvgIpc) is 3.07. The summed E-state index contributed by atoms with van der Waals surface area (Å²) in [6.07, 6.45) is 5.00. The van der Waals surface area contributed by atoms with Crippen LogP contribution < -0.4 is 10.1 Å². The van der Waals surface area contributed by atoms with Crippen molar-refractivity contribution in [2.45, 2.75) is 26.2 Å². The van der Waals surface area contributed by atoms with Crippen molar-refractivity contribution >= 4 is 21.6 Å². The van der Waals surface area contributed by atoms with Gasteiger partial charge in [-0.25, -0.2) is 9.97 Å². The summed E-state index contributed by atoms with van der Waals surface area (Å²) in [5.74, 6) is 1.50. The van der Waals surface area contributed by atoms with E-state index in [4.69, 9.17) is 4.74 Å². The van der Waals surface area contributed by atoms with Gasteiger partial charge < -0.3 is 10.1 Å². The van der Waals surface area contributed by atoms with Crippen molar-refractivity contribution in [2.24, 2.45) is 5.92 Å². The number of nitrogens with zero attached hydrogens (tertiary/aromatic N) is 2.